The first-order valence-electron chi connectivity index (χ1n) is 9.34. The van der Waals surface area contributed by atoms with Gasteiger partial charge in [0.2, 0.25) is 0 Å². The molecule has 1 aromatic carbocycles. The van der Waals surface area contributed by atoms with Gasteiger partial charge in [0.1, 0.15) is 5.78 Å². The van der Waals surface area contributed by atoms with Gasteiger partial charge in [-0.15, -0.1) is 6.58 Å². The van der Waals surface area contributed by atoms with E-state index >= 15 is 0 Å². The maximum Gasteiger partial charge on any atom is 0.164 e. The molecule has 0 radical (unpaired) electrons. The van der Waals surface area contributed by atoms with E-state index in [0.29, 0.717) is 25.0 Å². The van der Waals surface area contributed by atoms with Crippen molar-refractivity contribution in [2.45, 2.75) is 49.2 Å². The number of nitrogens with zero attached hydrogens (tertiary/aromatic N) is 1. The summed E-state index contributed by atoms with van der Waals surface area (Å²) in [5.41, 5.74) is 1.25. The van der Waals surface area contributed by atoms with Crippen molar-refractivity contribution in [3.05, 3.63) is 35.9 Å². The van der Waals surface area contributed by atoms with E-state index in [2.05, 4.69) is 11.5 Å². The summed E-state index contributed by atoms with van der Waals surface area (Å²) in [5.74, 6) is 0.914. The third-order valence-electron chi connectivity index (χ3n) is 6.94. The first-order valence-corrected chi connectivity index (χ1v) is 9.34. The van der Waals surface area contributed by atoms with Gasteiger partial charge in [-0.05, 0) is 37.4 Å². The molecule has 1 saturated heterocycles. The number of fused-ring (bicyclic) bond motifs is 1. The smallest absolute Gasteiger partial charge is 0.164 e. The molecule has 0 unspecified atom stereocenters. The normalized spacial score (nSPS) is 33.3. The molecular formula is C21H27NO4. The number of hydrogen-bond donors (Lipinski definition) is 1. The number of Topliss-reactive ketones (excluding diaryl/α,β-unsaturated/α-hetero) is 1. The summed E-state index contributed by atoms with van der Waals surface area (Å²) >= 11 is 0. The molecule has 1 N–H and O–H groups in total. The van der Waals surface area contributed by atoms with Gasteiger partial charge in [-0.25, -0.2) is 0 Å². The van der Waals surface area contributed by atoms with Crippen LogP contribution in [0, 0.1) is 0 Å². The Morgan fingerprint density at radius 2 is 2.19 bits per heavy atom. The molecule has 1 aromatic rings. The van der Waals surface area contributed by atoms with Gasteiger partial charge in [0, 0.05) is 43.5 Å². The van der Waals surface area contributed by atoms with Crippen molar-refractivity contribution in [1.29, 1.82) is 0 Å². The van der Waals surface area contributed by atoms with Crippen LogP contribution in [0.15, 0.2) is 24.8 Å². The number of benzene rings is 1. The van der Waals surface area contributed by atoms with Crippen LogP contribution in [-0.2, 0) is 21.4 Å². The fraction of sp³-hybridized carbons (Fsp3) is 0.571. The standard InChI is InChI=1S/C21H27NO4/c1-4-10-22-11-9-20-13-15(23)7-8-21(20,26-3)17(22)12-14-5-6-16(24)19(25-2)18(14)20/h4-6,17,24H,1,7-13H2,2-3H3/t17-,20-,21+/m0/s1. The molecule has 1 aliphatic heterocycles. The second-order valence-corrected chi connectivity index (χ2v) is 7.80. The van der Waals surface area contributed by atoms with Crippen LogP contribution in [-0.4, -0.2) is 54.7 Å². The summed E-state index contributed by atoms with van der Waals surface area (Å²) in [6, 6.07) is 3.87. The minimum atomic E-state index is -0.448. The lowest BCUT2D eigenvalue weighted by atomic mass is 9.49. The molecule has 140 valence electrons. The lowest BCUT2D eigenvalue weighted by molar-refractivity contribution is -0.186. The fourth-order valence-electron chi connectivity index (χ4n) is 5.97. The maximum absolute atomic E-state index is 12.6. The van der Waals surface area contributed by atoms with Gasteiger partial charge in [-0.1, -0.05) is 12.1 Å². The molecule has 1 heterocycles. The van der Waals surface area contributed by atoms with Crippen molar-refractivity contribution in [2.24, 2.45) is 0 Å². The number of rotatable bonds is 4. The number of phenolic OH excluding ortho intramolecular Hbond substituents is 1. The first kappa shape index (κ1) is 17.6. The lowest BCUT2D eigenvalue weighted by Gasteiger charge is -2.64. The van der Waals surface area contributed by atoms with Crippen LogP contribution >= 0.6 is 0 Å². The van der Waals surface area contributed by atoms with Gasteiger partial charge in [-0.2, -0.15) is 0 Å². The van der Waals surface area contributed by atoms with Crippen molar-refractivity contribution < 1.29 is 19.4 Å². The first-order chi connectivity index (χ1) is 12.5. The van der Waals surface area contributed by atoms with Gasteiger partial charge in [0.25, 0.3) is 0 Å². The Balaban J connectivity index is 2.00. The number of phenols is 1. The van der Waals surface area contributed by atoms with Crippen molar-refractivity contribution in [3.63, 3.8) is 0 Å². The highest BCUT2D eigenvalue weighted by atomic mass is 16.5. The highest BCUT2D eigenvalue weighted by molar-refractivity contribution is 5.83. The number of hydrogen-bond acceptors (Lipinski definition) is 5. The Labute approximate surface area is 154 Å². The number of piperidine rings is 1. The van der Waals surface area contributed by atoms with Gasteiger partial charge in [-0.3, -0.25) is 9.69 Å². The van der Waals surface area contributed by atoms with Crippen molar-refractivity contribution in [2.75, 3.05) is 27.3 Å². The molecule has 4 rings (SSSR count). The van der Waals surface area contributed by atoms with E-state index in [1.165, 1.54) is 0 Å². The largest absolute Gasteiger partial charge is 0.504 e. The van der Waals surface area contributed by atoms with Crippen LogP contribution < -0.4 is 4.74 Å². The number of likely N-dealkylation sites (tertiary alicyclic amines) is 1. The molecule has 2 aliphatic carbocycles. The van der Waals surface area contributed by atoms with Gasteiger partial charge in [0.05, 0.1) is 12.7 Å². The molecule has 0 amide bonds. The summed E-state index contributed by atoms with van der Waals surface area (Å²) < 4.78 is 11.9. The number of carbonyl (C=O) groups is 1. The Morgan fingerprint density at radius 3 is 2.88 bits per heavy atom. The van der Waals surface area contributed by atoms with Crippen molar-refractivity contribution in [3.8, 4) is 11.5 Å². The zero-order valence-corrected chi connectivity index (χ0v) is 15.6. The SMILES string of the molecule is C=CCN1CC[C@@]23CC(=O)CC[C@@]2(OC)[C@@H]1Cc1ccc(O)c(OC)c13. The molecule has 26 heavy (non-hydrogen) atoms. The van der Waals surface area contributed by atoms with Gasteiger partial charge in [0.15, 0.2) is 11.5 Å². The van der Waals surface area contributed by atoms with Gasteiger partial charge >= 0.3 is 0 Å². The lowest BCUT2D eigenvalue weighted by Crippen LogP contribution is -2.73. The Kier molecular flexibility index (Phi) is 4.12. The molecule has 0 aromatic heterocycles. The Bertz CT molecular complexity index is 761. The maximum atomic E-state index is 12.6. The monoisotopic (exact) mass is 357 g/mol. The van der Waals surface area contributed by atoms with Crippen LogP contribution in [0.4, 0.5) is 0 Å². The van der Waals surface area contributed by atoms with E-state index in [4.69, 9.17) is 9.47 Å². The van der Waals surface area contributed by atoms with Crippen LogP contribution in [0.25, 0.3) is 0 Å². The van der Waals surface area contributed by atoms with Crippen LogP contribution in [0.5, 0.6) is 11.5 Å². The second kappa shape index (κ2) is 6.10. The number of aromatic hydroxyl groups is 1. The molecular weight excluding hydrogens is 330 g/mol. The predicted molar refractivity (Wildman–Crippen MR) is 98.8 cm³/mol. The summed E-state index contributed by atoms with van der Waals surface area (Å²) in [5, 5.41) is 10.4. The van der Waals surface area contributed by atoms with E-state index in [9.17, 15) is 9.90 Å². The second-order valence-electron chi connectivity index (χ2n) is 7.80. The molecule has 1 saturated carbocycles. The third kappa shape index (κ3) is 2.07. The molecule has 0 spiro atoms. The molecule has 3 atom stereocenters. The average Bonchev–Trinajstić information content (AvgIpc) is 2.64. The minimum Gasteiger partial charge on any atom is -0.504 e. The topological polar surface area (TPSA) is 59.0 Å². The number of methoxy groups -OCH3 is 2. The summed E-state index contributed by atoms with van der Waals surface area (Å²) in [6.45, 7) is 5.61. The quantitative estimate of drug-likeness (QED) is 0.840. The Hall–Kier alpha value is -1.85. The number of carbonyl (C=O) groups excluding carboxylic acids is 1. The van der Waals surface area contributed by atoms with E-state index in [1.54, 1.807) is 20.3 Å². The van der Waals surface area contributed by atoms with E-state index in [1.807, 2.05) is 12.1 Å². The number of ether oxygens (including phenoxy) is 2. The van der Waals surface area contributed by atoms with Crippen molar-refractivity contribution in [1.82, 2.24) is 4.90 Å². The third-order valence-corrected chi connectivity index (χ3v) is 6.94. The fourth-order valence-corrected chi connectivity index (χ4v) is 5.97. The predicted octanol–water partition coefficient (Wildman–Crippen LogP) is 2.59. The molecule has 5 nitrogen and oxygen atoms in total. The number of ketones is 1. The van der Waals surface area contributed by atoms with Crippen molar-refractivity contribution >= 4 is 5.78 Å². The highest BCUT2D eigenvalue weighted by Gasteiger charge is 2.66. The van der Waals surface area contributed by atoms with Crippen LogP contribution in [0.2, 0.25) is 0 Å². The highest BCUT2D eigenvalue weighted by Crippen LogP contribution is 2.61. The van der Waals surface area contributed by atoms with E-state index < -0.39 is 11.0 Å². The molecule has 2 bridgehead atoms. The molecule has 5 heteroatoms. The average molecular weight is 357 g/mol. The summed E-state index contributed by atoms with van der Waals surface area (Å²) in [6.07, 6.45) is 5.28. The Morgan fingerprint density at radius 1 is 1.38 bits per heavy atom. The van der Waals surface area contributed by atoms with Crippen LogP contribution in [0.1, 0.15) is 36.8 Å². The van der Waals surface area contributed by atoms with E-state index in [0.717, 1.165) is 37.1 Å². The summed E-state index contributed by atoms with van der Waals surface area (Å²) in [4.78, 5) is 15.0. The van der Waals surface area contributed by atoms with Crippen LogP contribution in [0.3, 0.4) is 0 Å². The van der Waals surface area contributed by atoms with Gasteiger partial charge < -0.3 is 14.6 Å². The summed E-state index contributed by atoms with van der Waals surface area (Å²) in [7, 11) is 3.36. The zero-order chi connectivity index (χ0) is 18.5. The minimum absolute atomic E-state index is 0.135. The zero-order valence-electron chi connectivity index (χ0n) is 15.6. The molecule has 3 aliphatic rings. The molecule has 2 fully saturated rings. The van der Waals surface area contributed by atoms with E-state index in [-0.39, 0.29) is 17.6 Å².